The summed E-state index contributed by atoms with van der Waals surface area (Å²) in [4.78, 5) is 15.4. The van der Waals surface area contributed by atoms with Crippen LogP contribution in [0, 0.1) is 0 Å². The van der Waals surface area contributed by atoms with Gasteiger partial charge in [-0.25, -0.2) is 9.78 Å². The van der Waals surface area contributed by atoms with Crippen molar-refractivity contribution in [1.82, 2.24) is 10.3 Å². The van der Waals surface area contributed by atoms with E-state index in [0.29, 0.717) is 23.7 Å². The number of pyridine rings is 1. The van der Waals surface area contributed by atoms with Crippen molar-refractivity contribution in [2.75, 3.05) is 12.3 Å². The van der Waals surface area contributed by atoms with Crippen LogP contribution in [0.15, 0.2) is 29.4 Å². The van der Waals surface area contributed by atoms with Crippen molar-refractivity contribution in [1.29, 1.82) is 0 Å². The quantitative estimate of drug-likeness (QED) is 0.664. The molecule has 0 aromatic carbocycles. The predicted molar refractivity (Wildman–Crippen MR) is 74.4 cm³/mol. The van der Waals surface area contributed by atoms with E-state index in [1.165, 1.54) is 0 Å². The van der Waals surface area contributed by atoms with E-state index < -0.39 is 22.9 Å². The number of nitrogens with zero attached hydrogens (tertiary/aromatic N) is 1. The zero-order chi connectivity index (χ0) is 14.3. The molecule has 0 aliphatic carbocycles. The molecule has 1 amide bonds. The second kappa shape index (κ2) is 7.35. The van der Waals surface area contributed by atoms with Crippen LogP contribution in [-0.4, -0.2) is 33.5 Å². The third-order valence-corrected chi connectivity index (χ3v) is 3.41. The second-order valence-electron chi connectivity index (χ2n) is 5.00. The summed E-state index contributed by atoms with van der Waals surface area (Å²) in [5.74, 6) is 0.465. The van der Waals surface area contributed by atoms with Gasteiger partial charge < -0.3 is 14.6 Å². The van der Waals surface area contributed by atoms with E-state index in [4.69, 9.17) is 4.74 Å². The molecule has 0 aliphatic heterocycles. The summed E-state index contributed by atoms with van der Waals surface area (Å²) in [6.45, 7) is 5.86. The van der Waals surface area contributed by atoms with Crippen LogP contribution in [0.25, 0.3) is 0 Å². The summed E-state index contributed by atoms with van der Waals surface area (Å²) in [7, 11) is 0. The highest BCUT2D eigenvalue weighted by molar-refractivity contribution is 7.91. The van der Waals surface area contributed by atoms with E-state index >= 15 is 0 Å². The van der Waals surface area contributed by atoms with E-state index in [9.17, 15) is 9.35 Å². The van der Waals surface area contributed by atoms with Crippen LogP contribution in [0.4, 0.5) is 4.79 Å². The molecule has 0 radical (unpaired) electrons. The number of hydrogen-bond acceptors (Lipinski definition) is 4. The molecule has 0 saturated heterocycles. The van der Waals surface area contributed by atoms with Gasteiger partial charge in [0.2, 0.25) is 5.03 Å². The first-order valence-corrected chi connectivity index (χ1v) is 7.46. The molecule has 0 saturated carbocycles. The lowest BCUT2D eigenvalue weighted by Crippen LogP contribution is -2.33. The molecular weight excluding hydrogens is 264 g/mol. The molecule has 1 aromatic rings. The van der Waals surface area contributed by atoms with Crippen molar-refractivity contribution in [2.45, 2.75) is 37.8 Å². The molecule has 1 unspecified atom stereocenters. The lowest BCUT2D eigenvalue weighted by Gasteiger charge is -2.19. The van der Waals surface area contributed by atoms with Gasteiger partial charge in [0, 0.05) is 36.4 Å². The van der Waals surface area contributed by atoms with E-state index in [1.807, 2.05) is 20.8 Å². The van der Waals surface area contributed by atoms with Gasteiger partial charge in [0.1, 0.15) is 11.4 Å². The molecule has 1 rings (SSSR count). The maximum Gasteiger partial charge on any atom is 0.407 e. The number of ether oxygens (including phenoxy) is 1. The van der Waals surface area contributed by atoms with Crippen molar-refractivity contribution in [3.05, 3.63) is 24.4 Å². The van der Waals surface area contributed by atoms with Crippen molar-refractivity contribution in [3.8, 4) is 0 Å². The first-order valence-electron chi connectivity index (χ1n) is 6.15. The number of carbonyl (C=O) groups is 1. The summed E-state index contributed by atoms with van der Waals surface area (Å²) in [5.41, 5.74) is -0.499. The molecule has 0 spiro atoms. The molecule has 1 atom stereocenters. The zero-order valence-corrected chi connectivity index (χ0v) is 12.3. The van der Waals surface area contributed by atoms with Gasteiger partial charge in [-0.3, -0.25) is 0 Å². The van der Waals surface area contributed by atoms with Gasteiger partial charge in [-0.15, -0.1) is 0 Å². The average Bonchev–Trinajstić information content (AvgIpc) is 2.33. The lowest BCUT2D eigenvalue weighted by molar-refractivity contribution is 0.0528. The van der Waals surface area contributed by atoms with Gasteiger partial charge in [-0.05, 0) is 26.8 Å². The van der Waals surface area contributed by atoms with Gasteiger partial charge in [-0.2, -0.15) is 0 Å². The summed E-state index contributed by atoms with van der Waals surface area (Å²) in [6.07, 6.45) is 1.78. The molecule has 0 aliphatic rings. The maximum absolute atomic E-state index is 11.8. The molecular formula is C13H20N2O3S. The van der Waals surface area contributed by atoms with Gasteiger partial charge in [0.15, 0.2) is 0 Å². The summed E-state index contributed by atoms with van der Waals surface area (Å²) in [5, 5.41) is 3.20. The zero-order valence-electron chi connectivity index (χ0n) is 11.5. The first-order chi connectivity index (χ1) is 8.88. The molecule has 1 heterocycles. The Kier molecular flexibility index (Phi) is 6.11. The second-order valence-corrected chi connectivity index (χ2v) is 6.52. The van der Waals surface area contributed by atoms with Crippen LogP contribution in [0.3, 0.4) is 0 Å². The Labute approximate surface area is 116 Å². The Bertz CT molecular complexity index is 393. The number of aromatic nitrogens is 1. The van der Waals surface area contributed by atoms with Crippen LogP contribution in [0.5, 0.6) is 0 Å². The fourth-order valence-corrected chi connectivity index (χ4v) is 2.32. The minimum atomic E-state index is -1.12. The topological polar surface area (TPSA) is 74.3 Å². The Hall–Kier alpha value is -1.27. The summed E-state index contributed by atoms with van der Waals surface area (Å²) in [6, 6.07) is 5.32. The molecule has 106 valence electrons. The Morgan fingerprint density at radius 2 is 2.21 bits per heavy atom. The first kappa shape index (κ1) is 15.8. The number of alkyl carbamates (subject to hydrolysis) is 1. The van der Waals surface area contributed by atoms with Crippen LogP contribution in [-0.2, 0) is 15.9 Å². The van der Waals surface area contributed by atoms with Crippen LogP contribution in [0.2, 0.25) is 0 Å². The highest BCUT2D eigenvalue weighted by Crippen LogP contribution is 2.08. The number of nitrogens with one attached hydrogen (secondary N) is 1. The minimum Gasteiger partial charge on any atom is -0.610 e. The largest absolute Gasteiger partial charge is 0.610 e. The molecule has 5 nitrogen and oxygen atoms in total. The maximum atomic E-state index is 11.8. The number of amides is 1. The molecule has 6 heteroatoms. The van der Waals surface area contributed by atoms with Crippen LogP contribution >= 0.6 is 0 Å². The van der Waals surface area contributed by atoms with Crippen molar-refractivity contribution in [2.24, 2.45) is 0 Å². The fourth-order valence-electron chi connectivity index (χ4n) is 1.29. The number of rotatable bonds is 5. The SMILES string of the molecule is CC(C)(C)OC(=O)NCCC[S+]([O-])c1ccccn1. The van der Waals surface area contributed by atoms with Gasteiger partial charge in [0.25, 0.3) is 0 Å². The number of carbonyl (C=O) groups excluding carboxylic acids is 1. The monoisotopic (exact) mass is 284 g/mol. The van der Waals surface area contributed by atoms with Crippen molar-refractivity contribution in [3.63, 3.8) is 0 Å². The van der Waals surface area contributed by atoms with E-state index in [1.54, 1.807) is 24.4 Å². The fraction of sp³-hybridized carbons (Fsp3) is 0.538. The third kappa shape index (κ3) is 7.03. The van der Waals surface area contributed by atoms with Gasteiger partial charge in [0.05, 0.1) is 0 Å². The van der Waals surface area contributed by atoms with Gasteiger partial charge >= 0.3 is 6.09 Å². The van der Waals surface area contributed by atoms with E-state index in [-0.39, 0.29) is 0 Å². The summed E-state index contributed by atoms with van der Waals surface area (Å²) < 4.78 is 16.9. The highest BCUT2D eigenvalue weighted by atomic mass is 32.2. The lowest BCUT2D eigenvalue weighted by atomic mass is 10.2. The van der Waals surface area contributed by atoms with E-state index in [0.717, 1.165) is 0 Å². The smallest absolute Gasteiger partial charge is 0.407 e. The third-order valence-electron chi connectivity index (χ3n) is 2.05. The Balaban J connectivity index is 2.19. The van der Waals surface area contributed by atoms with Crippen molar-refractivity contribution < 1.29 is 14.1 Å². The Morgan fingerprint density at radius 3 is 2.79 bits per heavy atom. The van der Waals surface area contributed by atoms with Gasteiger partial charge in [-0.1, -0.05) is 6.07 Å². The molecule has 19 heavy (non-hydrogen) atoms. The molecule has 1 N–H and O–H groups in total. The molecule has 0 fully saturated rings. The van der Waals surface area contributed by atoms with Crippen LogP contribution in [0.1, 0.15) is 27.2 Å². The van der Waals surface area contributed by atoms with E-state index in [2.05, 4.69) is 10.3 Å². The molecule has 0 bridgehead atoms. The average molecular weight is 284 g/mol. The highest BCUT2D eigenvalue weighted by Gasteiger charge is 2.16. The standard InChI is InChI=1S/C13H20N2O3S/c1-13(2,3)18-12(16)15-9-6-10-19(17)11-7-4-5-8-14-11/h4-5,7-8H,6,9-10H2,1-3H3,(H,15,16). The summed E-state index contributed by atoms with van der Waals surface area (Å²) >= 11 is -1.12. The predicted octanol–water partition coefficient (Wildman–Crippen LogP) is 2.10. The number of hydrogen-bond donors (Lipinski definition) is 1. The Morgan fingerprint density at radius 1 is 1.47 bits per heavy atom. The van der Waals surface area contributed by atoms with Crippen LogP contribution < -0.4 is 5.32 Å². The normalized spacial score (nSPS) is 12.8. The minimum absolute atomic E-state index is 0.438. The van der Waals surface area contributed by atoms with Crippen molar-refractivity contribution >= 4 is 17.3 Å². The molecule has 1 aromatic heterocycles.